The van der Waals surface area contributed by atoms with Gasteiger partial charge in [-0.2, -0.15) is 16.8 Å². The van der Waals surface area contributed by atoms with E-state index in [1.165, 1.54) is 32.0 Å². The molecule has 12 heteroatoms. The highest BCUT2D eigenvalue weighted by Gasteiger charge is 2.37. The molecule has 4 rings (SSSR count). The number of ketones is 2. The van der Waals surface area contributed by atoms with Crippen LogP contribution in [0.2, 0.25) is 0 Å². The summed E-state index contributed by atoms with van der Waals surface area (Å²) in [6.45, 7) is 6.27. The number of benzene rings is 3. The third kappa shape index (κ3) is 3.78. The summed E-state index contributed by atoms with van der Waals surface area (Å²) in [5.74, 6) is -1.33. The van der Waals surface area contributed by atoms with Gasteiger partial charge in [0.05, 0.1) is 22.5 Å². The van der Waals surface area contributed by atoms with Crippen LogP contribution in [0, 0.1) is 27.7 Å². The number of fused-ring (bicyclic) bond motifs is 2. The summed E-state index contributed by atoms with van der Waals surface area (Å²) >= 11 is 0. The van der Waals surface area contributed by atoms with Crippen molar-refractivity contribution in [1.29, 1.82) is 0 Å². The summed E-state index contributed by atoms with van der Waals surface area (Å²) in [4.78, 5) is 25.7. The average molecular weight is 531 g/mol. The molecule has 36 heavy (non-hydrogen) atoms. The number of rotatable bonds is 4. The molecule has 0 fully saturated rings. The quantitative estimate of drug-likeness (QED) is 0.225. The molecule has 0 bridgehead atoms. The summed E-state index contributed by atoms with van der Waals surface area (Å²) in [5.41, 5.74) is 6.34. The first kappa shape index (κ1) is 25.5. The molecule has 0 spiro atoms. The molecule has 10 nitrogen and oxygen atoms in total. The van der Waals surface area contributed by atoms with Crippen LogP contribution in [0.4, 0.5) is 17.1 Å². The molecule has 1 aliphatic rings. The number of nitrogens with two attached hydrogens (primary N) is 1. The minimum Gasteiger partial charge on any atom is -0.397 e. The second-order valence-corrected chi connectivity index (χ2v) is 11.3. The Bertz CT molecular complexity index is 1740. The number of carbonyl (C=O) groups excluding carboxylic acids is 2. The van der Waals surface area contributed by atoms with Gasteiger partial charge in [0.25, 0.3) is 20.2 Å². The van der Waals surface area contributed by atoms with Crippen molar-refractivity contribution in [3.8, 4) is 0 Å². The second kappa shape index (κ2) is 8.23. The van der Waals surface area contributed by atoms with Gasteiger partial charge < -0.3 is 11.1 Å². The van der Waals surface area contributed by atoms with Crippen LogP contribution < -0.4 is 11.1 Å². The minimum absolute atomic E-state index is 0.0207. The molecular formula is C24H22N2O8S2. The van der Waals surface area contributed by atoms with Crippen molar-refractivity contribution >= 4 is 48.9 Å². The van der Waals surface area contributed by atoms with Crippen LogP contribution in [-0.2, 0) is 20.2 Å². The van der Waals surface area contributed by atoms with E-state index in [0.29, 0.717) is 16.7 Å². The first-order valence-corrected chi connectivity index (χ1v) is 13.4. The normalized spacial score (nSPS) is 13.4. The topological polar surface area (TPSA) is 181 Å². The molecule has 5 N–H and O–H groups in total. The molecule has 188 valence electrons. The molecule has 0 unspecified atom stereocenters. The zero-order valence-corrected chi connectivity index (χ0v) is 21.3. The fraction of sp³-hybridized carbons (Fsp3) is 0.167. The maximum absolute atomic E-state index is 13.5. The van der Waals surface area contributed by atoms with Crippen molar-refractivity contribution in [2.24, 2.45) is 0 Å². The summed E-state index contributed by atoms with van der Waals surface area (Å²) in [6.07, 6.45) is 0. The Morgan fingerprint density at radius 2 is 1.28 bits per heavy atom. The van der Waals surface area contributed by atoms with Crippen molar-refractivity contribution in [1.82, 2.24) is 0 Å². The van der Waals surface area contributed by atoms with Crippen molar-refractivity contribution < 1.29 is 35.5 Å². The predicted octanol–water partition coefficient (Wildman–Crippen LogP) is 3.51. The molecule has 0 aliphatic heterocycles. The molecule has 0 saturated heterocycles. The lowest BCUT2D eigenvalue weighted by Crippen LogP contribution is -2.25. The van der Waals surface area contributed by atoms with E-state index in [0.717, 1.165) is 6.07 Å². The number of carbonyl (C=O) groups is 2. The fourth-order valence-electron chi connectivity index (χ4n) is 4.63. The van der Waals surface area contributed by atoms with Gasteiger partial charge in [0.15, 0.2) is 11.6 Å². The first-order chi connectivity index (χ1) is 16.6. The Hall–Kier alpha value is -3.58. The lowest BCUT2D eigenvalue weighted by Gasteiger charge is -2.25. The number of nitrogen functional groups attached to an aromatic ring is 1. The SMILES string of the molecule is Cc1c(C)c(Nc2cc(S(=O)(=O)O)c(N)c3c2C(=O)c2ccccc2C3=O)c(C)c(S(=O)(=O)O)c1C. The average Bonchev–Trinajstić information content (AvgIpc) is 2.77. The standard InChI is InChI=1S/C24H22N2O8S2/c1-10-11(2)21(13(4)24(12(10)3)36(32,33)34)26-16-9-17(35(29,30)31)20(25)19-18(16)22(27)14-7-5-6-8-15(14)23(19)28/h5-9,26H,25H2,1-4H3,(H,29,30,31)(H,32,33,34). The van der Waals surface area contributed by atoms with E-state index in [1.807, 2.05) is 0 Å². The maximum Gasteiger partial charge on any atom is 0.296 e. The zero-order chi connectivity index (χ0) is 26.9. The van der Waals surface area contributed by atoms with E-state index >= 15 is 0 Å². The number of hydrogen-bond donors (Lipinski definition) is 4. The van der Waals surface area contributed by atoms with Crippen LogP contribution >= 0.6 is 0 Å². The highest BCUT2D eigenvalue weighted by atomic mass is 32.2. The van der Waals surface area contributed by atoms with E-state index in [4.69, 9.17) is 5.73 Å². The van der Waals surface area contributed by atoms with Crippen LogP contribution in [0.25, 0.3) is 0 Å². The Morgan fingerprint density at radius 1 is 0.750 bits per heavy atom. The highest BCUT2D eigenvalue weighted by Crippen LogP contribution is 2.42. The predicted molar refractivity (Wildman–Crippen MR) is 132 cm³/mol. The van der Waals surface area contributed by atoms with Gasteiger partial charge in [-0.25, -0.2) is 0 Å². The molecule has 3 aromatic carbocycles. The maximum atomic E-state index is 13.5. The molecule has 0 heterocycles. The molecule has 0 amide bonds. The molecule has 1 aliphatic carbocycles. The van der Waals surface area contributed by atoms with Gasteiger partial charge in [-0.3, -0.25) is 18.7 Å². The van der Waals surface area contributed by atoms with Gasteiger partial charge in [-0.1, -0.05) is 24.3 Å². The third-order valence-electron chi connectivity index (χ3n) is 6.55. The molecule has 0 aromatic heterocycles. The van der Waals surface area contributed by atoms with Crippen molar-refractivity contribution in [3.63, 3.8) is 0 Å². The smallest absolute Gasteiger partial charge is 0.296 e. The largest absolute Gasteiger partial charge is 0.397 e. The van der Waals surface area contributed by atoms with Crippen LogP contribution in [0.15, 0.2) is 40.1 Å². The van der Waals surface area contributed by atoms with Crippen molar-refractivity contribution in [2.45, 2.75) is 37.5 Å². The third-order valence-corrected chi connectivity index (χ3v) is 8.57. The van der Waals surface area contributed by atoms with Crippen LogP contribution in [-0.4, -0.2) is 37.5 Å². The Kier molecular flexibility index (Phi) is 5.84. The van der Waals surface area contributed by atoms with Gasteiger partial charge in [-0.05, 0) is 56.0 Å². The lowest BCUT2D eigenvalue weighted by molar-refractivity contribution is 0.0980. The van der Waals surface area contributed by atoms with Crippen LogP contribution in [0.3, 0.4) is 0 Å². The van der Waals surface area contributed by atoms with Crippen LogP contribution in [0.5, 0.6) is 0 Å². The highest BCUT2D eigenvalue weighted by molar-refractivity contribution is 7.86. The number of hydrogen-bond acceptors (Lipinski definition) is 8. The number of anilines is 3. The Labute approximate surface area is 207 Å². The minimum atomic E-state index is -4.93. The zero-order valence-electron chi connectivity index (χ0n) is 19.6. The molecule has 0 radical (unpaired) electrons. The van der Waals surface area contributed by atoms with Gasteiger partial charge >= 0.3 is 0 Å². The molecule has 3 aromatic rings. The van der Waals surface area contributed by atoms with E-state index in [9.17, 15) is 35.5 Å². The van der Waals surface area contributed by atoms with E-state index in [2.05, 4.69) is 5.32 Å². The first-order valence-electron chi connectivity index (χ1n) is 10.5. The summed E-state index contributed by atoms with van der Waals surface area (Å²) in [7, 11) is -9.58. The van der Waals surface area contributed by atoms with E-state index in [-0.39, 0.29) is 38.5 Å². The lowest BCUT2D eigenvalue weighted by atomic mass is 9.82. The van der Waals surface area contributed by atoms with Gasteiger partial charge in [0.1, 0.15) is 9.79 Å². The summed E-state index contributed by atoms with van der Waals surface area (Å²) in [5, 5.41) is 2.89. The Morgan fingerprint density at radius 3 is 1.78 bits per heavy atom. The van der Waals surface area contributed by atoms with E-state index in [1.54, 1.807) is 19.9 Å². The van der Waals surface area contributed by atoms with Gasteiger partial charge in [0.2, 0.25) is 0 Å². The Balaban J connectivity index is 2.10. The fourth-order valence-corrected chi connectivity index (χ4v) is 6.31. The van der Waals surface area contributed by atoms with Crippen LogP contribution in [0.1, 0.15) is 54.1 Å². The molecule has 0 atom stereocenters. The molecular weight excluding hydrogens is 508 g/mol. The molecule has 0 saturated carbocycles. The van der Waals surface area contributed by atoms with Crippen molar-refractivity contribution in [3.05, 3.63) is 74.8 Å². The summed E-state index contributed by atoms with van der Waals surface area (Å²) < 4.78 is 68.2. The monoisotopic (exact) mass is 530 g/mol. The van der Waals surface area contributed by atoms with E-state index < -0.39 is 47.9 Å². The van der Waals surface area contributed by atoms with Gasteiger partial charge in [-0.15, -0.1) is 0 Å². The number of nitrogens with one attached hydrogen (secondary N) is 1. The second-order valence-electron chi connectivity index (χ2n) is 8.57. The summed E-state index contributed by atoms with van der Waals surface area (Å²) in [6, 6.07) is 6.87. The van der Waals surface area contributed by atoms with Crippen molar-refractivity contribution in [2.75, 3.05) is 11.1 Å². The van der Waals surface area contributed by atoms with Gasteiger partial charge in [0, 0.05) is 16.8 Å².